The van der Waals surface area contributed by atoms with Crippen LogP contribution in [0.3, 0.4) is 0 Å². The molecule has 0 aliphatic carbocycles. The number of amides is 1. The summed E-state index contributed by atoms with van der Waals surface area (Å²) in [6, 6.07) is 7.55. The van der Waals surface area contributed by atoms with E-state index >= 15 is 0 Å². The van der Waals surface area contributed by atoms with Crippen molar-refractivity contribution in [1.29, 1.82) is 0 Å². The summed E-state index contributed by atoms with van der Waals surface area (Å²) in [6.45, 7) is 9.84. The van der Waals surface area contributed by atoms with Crippen molar-refractivity contribution in [2.45, 2.75) is 39.0 Å². The quantitative estimate of drug-likeness (QED) is 0.654. The fourth-order valence-corrected chi connectivity index (χ4v) is 3.87. The second-order valence-corrected chi connectivity index (χ2v) is 7.73. The Labute approximate surface area is 184 Å². The summed E-state index contributed by atoms with van der Waals surface area (Å²) < 4.78 is 16.7. The first-order valence-corrected chi connectivity index (χ1v) is 10.4. The van der Waals surface area contributed by atoms with Crippen molar-refractivity contribution in [1.82, 2.24) is 10.3 Å². The van der Waals surface area contributed by atoms with Gasteiger partial charge in [0.1, 0.15) is 5.82 Å². The lowest BCUT2D eigenvalue weighted by Gasteiger charge is -2.36. The van der Waals surface area contributed by atoms with Crippen LogP contribution in [0.1, 0.15) is 35.3 Å². The second-order valence-electron chi connectivity index (χ2n) is 7.73. The molecule has 7 heteroatoms. The molecule has 1 aromatic heterocycles. The molecular weight excluding hydrogens is 394 g/mol. The van der Waals surface area contributed by atoms with Crippen LogP contribution in [0.2, 0.25) is 0 Å². The molecule has 2 heterocycles. The Morgan fingerprint density at radius 3 is 2.58 bits per heavy atom. The van der Waals surface area contributed by atoms with Crippen molar-refractivity contribution in [3.63, 3.8) is 0 Å². The smallest absolute Gasteiger partial charge is 0.253 e. The fourth-order valence-electron chi connectivity index (χ4n) is 3.87. The SMILES string of the molecule is C=CCc1cc(CNC(=O)c2ccc(N3C[C@@H](C)O[C@H](C)C3)nc2)cc(OC)c1OC. The zero-order valence-electron chi connectivity index (χ0n) is 18.7. The average Bonchev–Trinajstić information content (AvgIpc) is 2.76. The molecule has 0 spiro atoms. The minimum absolute atomic E-state index is 0.154. The molecule has 1 aliphatic heterocycles. The predicted molar refractivity (Wildman–Crippen MR) is 121 cm³/mol. The number of nitrogens with zero attached hydrogens (tertiary/aromatic N) is 2. The topological polar surface area (TPSA) is 72.9 Å². The van der Waals surface area contributed by atoms with Crippen molar-refractivity contribution < 1.29 is 19.0 Å². The summed E-state index contributed by atoms with van der Waals surface area (Å²) in [7, 11) is 3.21. The zero-order chi connectivity index (χ0) is 22.4. The van der Waals surface area contributed by atoms with Crippen LogP contribution in [0.15, 0.2) is 43.1 Å². The molecule has 7 nitrogen and oxygen atoms in total. The van der Waals surface area contributed by atoms with Gasteiger partial charge in [0.2, 0.25) is 0 Å². The fraction of sp³-hybridized carbons (Fsp3) is 0.417. The third kappa shape index (κ3) is 5.55. The summed E-state index contributed by atoms with van der Waals surface area (Å²) in [5.74, 6) is 1.99. The van der Waals surface area contributed by atoms with Gasteiger partial charge in [0.15, 0.2) is 11.5 Å². The molecule has 1 saturated heterocycles. The van der Waals surface area contributed by atoms with Crippen molar-refractivity contribution in [2.24, 2.45) is 0 Å². The van der Waals surface area contributed by atoms with Crippen LogP contribution in [0.25, 0.3) is 0 Å². The van der Waals surface area contributed by atoms with Gasteiger partial charge in [-0.15, -0.1) is 6.58 Å². The summed E-state index contributed by atoms with van der Waals surface area (Å²) in [4.78, 5) is 19.3. The van der Waals surface area contributed by atoms with E-state index in [1.54, 1.807) is 26.5 Å². The van der Waals surface area contributed by atoms with Gasteiger partial charge >= 0.3 is 0 Å². The van der Waals surface area contributed by atoms with Gasteiger partial charge in [0.05, 0.1) is 32.0 Å². The van der Waals surface area contributed by atoms with Gasteiger partial charge in [0, 0.05) is 31.4 Å². The van der Waals surface area contributed by atoms with E-state index < -0.39 is 0 Å². The highest BCUT2D eigenvalue weighted by Gasteiger charge is 2.23. The standard InChI is InChI=1S/C24H31N3O4/c1-6-7-19-10-18(11-21(29-4)23(19)30-5)12-26-24(28)20-8-9-22(25-13-20)27-14-16(2)31-17(3)15-27/h6,8-11,13,16-17H,1,7,12,14-15H2,2-5H3,(H,26,28)/t16-,17-/m1/s1. The van der Waals surface area contributed by atoms with E-state index in [2.05, 4.69) is 35.6 Å². The van der Waals surface area contributed by atoms with Crippen molar-refractivity contribution in [3.8, 4) is 11.5 Å². The summed E-state index contributed by atoms with van der Waals surface area (Å²) >= 11 is 0. The maximum atomic E-state index is 12.6. The zero-order valence-corrected chi connectivity index (χ0v) is 18.7. The first kappa shape index (κ1) is 22.6. The number of methoxy groups -OCH3 is 2. The molecule has 3 rings (SSSR count). The Bertz CT molecular complexity index is 904. The van der Waals surface area contributed by atoms with Gasteiger partial charge in [-0.05, 0) is 50.1 Å². The summed E-state index contributed by atoms with van der Waals surface area (Å²) in [5.41, 5.74) is 2.40. The molecule has 1 aromatic carbocycles. The van der Waals surface area contributed by atoms with Gasteiger partial charge < -0.3 is 24.4 Å². The number of anilines is 1. The Hall–Kier alpha value is -3.06. The lowest BCUT2D eigenvalue weighted by molar-refractivity contribution is -0.00546. The number of carbonyl (C=O) groups excluding carboxylic acids is 1. The summed E-state index contributed by atoms with van der Waals surface area (Å²) in [6.07, 6.45) is 4.38. The molecule has 0 bridgehead atoms. The van der Waals surface area contributed by atoms with Crippen LogP contribution >= 0.6 is 0 Å². The molecule has 0 saturated carbocycles. The third-order valence-corrected chi connectivity index (χ3v) is 5.19. The molecule has 0 unspecified atom stereocenters. The van der Waals surface area contributed by atoms with Crippen molar-refractivity contribution >= 4 is 11.7 Å². The van der Waals surface area contributed by atoms with E-state index in [1.807, 2.05) is 24.3 Å². The Kier molecular flexibility index (Phi) is 7.52. The van der Waals surface area contributed by atoms with Crippen molar-refractivity contribution in [3.05, 3.63) is 59.8 Å². The number of hydrogen-bond donors (Lipinski definition) is 1. The number of nitrogens with one attached hydrogen (secondary N) is 1. The lowest BCUT2D eigenvalue weighted by Crippen LogP contribution is -2.45. The van der Waals surface area contributed by atoms with Gasteiger partial charge in [-0.3, -0.25) is 4.79 Å². The third-order valence-electron chi connectivity index (χ3n) is 5.19. The van der Waals surface area contributed by atoms with Crippen LogP contribution in [0.4, 0.5) is 5.82 Å². The molecule has 2 atom stereocenters. The van der Waals surface area contributed by atoms with Gasteiger partial charge in [-0.1, -0.05) is 6.08 Å². The molecule has 1 fully saturated rings. The molecule has 0 radical (unpaired) electrons. The molecule has 31 heavy (non-hydrogen) atoms. The first-order chi connectivity index (χ1) is 14.9. The maximum absolute atomic E-state index is 12.6. The highest BCUT2D eigenvalue weighted by atomic mass is 16.5. The van der Waals surface area contributed by atoms with Gasteiger partial charge in [-0.25, -0.2) is 4.98 Å². The lowest BCUT2D eigenvalue weighted by atomic mass is 10.1. The van der Waals surface area contributed by atoms with Crippen LogP contribution in [0.5, 0.6) is 11.5 Å². The summed E-state index contributed by atoms with van der Waals surface area (Å²) in [5, 5.41) is 2.95. The monoisotopic (exact) mass is 425 g/mol. The second kappa shape index (κ2) is 10.3. The number of morpholine rings is 1. The maximum Gasteiger partial charge on any atom is 0.253 e. The number of aromatic nitrogens is 1. The van der Waals surface area contributed by atoms with Crippen LogP contribution in [-0.4, -0.2) is 50.4 Å². The number of ether oxygens (including phenoxy) is 3. The van der Waals surface area contributed by atoms with Crippen LogP contribution in [0, 0.1) is 0 Å². The minimum Gasteiger partial charge on any atom is -0.493 e. The number of rotatable bonds is 8. The number of benzene rings is 1. The van der Waals surface area contributed by atoms with Gasteiger partial charge in [-0.2, -0.15) is 0 Å². The highest BCUT2D eigenvalue weighted by Crippen LogP contribution is 2.33. The van der Waals surface area contributed by atoms with E-state index in [1.165, 1.54) is 0 Å². The molecule has 1 N–H and O–H groups in total. The van der Waals surface area contributed by atoms with E-state index in [4.69, 9.17) is 14.2 Å². The molecule has 2 aromatic rings. The molecule has 166 valence electrons. The van der Waals surface area contributed by atoms with Gasteiger partial charge in [0.25, 0.3) is 5.91 Å². The van der Waals surface area contributed by atoms with Crippen LogP contribution in [-0.2, 0) is 17.7 Å². The Balaban J connectivity index is 1.67. The highest BCUT2D eigenvalue weighted by molar-refractivity contribution is 5.94. The first-order valence-electron chi connectivity index (χ1n) is 10.4. The Morgan fingerprint density at radius 2 is 2.00 bits per heavy atom. The van der Waals surface area contributed by atoms with E-state index in [-0.39, 0.29) is 18.1 Å². The molecule has 1 amide bonds. The number of pyridine rings is 1. The predicted octanol–water partition coefficient (Wildman–Crippen LogP) is 3.37. The normalized spacial score (nSPS) is 18.4. The van der Waals surface area contributed by atoms with E-state index in [0.717, 1.165) is 30.0 Å². The number of allylic oxidation sites excluding steroid dienone is 1. The van der Waals surface area contributed by atoms with E-state index in [9.17, 15) is 4.79 Å². The van der Waals surface area contributed by atoms with Crippen LogP contribution < -0.4 is 19.7 Å². The number of hydrogen-bond acceptors (Lipinski definition) is 6. The Morgan fingerprint density at radius 1 is 1.26 bits per heavy atom. The largest absolute Gasteiger partial charge is 0.493 e. The molecular formula is C24H31N3O4. The molecule has 1 aliphatic rings. The minimum atomic E-state index is -0.178. The average molecular weight is 426 g/mol. The van der Waals surface area contributed by atoms with Crippen molar-refractivity contribution in [2.75, 3.05) is 32.2 Å². The van der Waals surface area contributed by atoms with E-state index in [0.29, 0.717) is 30.0 Å². The number of carbonyl (C=O) groups is 1.